The van der Waals surface area contributed by atoms with E-state index in [1.807, 2.05) is 0 Å². The Hall–Kier alpha value is -2.33. The van der Waals surface area contributed by atoms with Gasteiger partial charge in [-0.05, 0) is 24.6 Å². The fourth-order valence-electron chi connectivity index (χ4n) is 3.18. The number of pyridine rings is 1. The maximum Gasteiger partial charge on any atom is 0.262 e. The Balaban J connectivity index is 1.95. The van der Waals surface area contributed by atoms with Crippen molar-refractivity contribution in [3.05, 3.63) is 46.9 Å². The van der Waals surface area contributed by atoms with Crippen LogP contribution in [0.3, 0.4) is 0 Å². The number of carbonyl (C=O) groups excluding carboxylic acids is 1. The summed E-state index contributed by atoms with van der Waals surface area (Å²) >= 11 is 5.82. The molecule has 30 heavy (non-hydrogen) atoms. The Labute approximate surface area is 177 Å². The molecule has 2 N–H and O–H groups in total. The van der Waals surface area contributed by atoms with Gasteiger partial charge in [0, 0.05) is 42.8 Å². The number of nitrogens with zero attached hydrogens (tertiary/aromatic N) is 2. The summed E-state index contributed by atoms with van der Waals surface area (Å²) in [5.41, 5.74) is -0.256. The molecule has 1 amide bonds. The van der Waals surface area contributed by atoms with Crippen LogP contribution in [0.5, 0.6) is 0 Å². The van der Waals surface area contributed by atoms with Gasteiger partial charge in [-0.25, -0.2) is 27.1 Å². The molecule has 0 saturated carbocycles. The van der Waals surface area contributed by atoms with Gasteiger partial charge in [0.1, 0.15) is 11.4 Å². The predicted octanol–water partition coefficient (Wildman–Crippen LogP) is 4.79. The zero-order valence-electron chi connectivity index (χ0n) is 16.1. The lowest BCUT2D eigenvalue weighted by Crippen LogP contribution is -2.30. The highest BCUT2D eigenvalue weighted by Gasteiger charge is 2.34. The molecule has 1 aromatic carbocycles. The maximum absolute atomic E-state index is 14.8. The van der Waals surface area contributed by atoms with Crippen LogP contribution in [0.25, 0.3) is 0 Å². The molecule has 0 unspecified atom stereocenters. The molecule has 11 heteroatoms. The van der Waals surface area contributed by atoms with Crippen molar-refractivity contribution in [2.75, 3.05) is 29.6 Å². The molecule has 6 nitrogen and oxygen atoms in total. The second kappa shape index (κ2) is 8.43. The molecule has 0 spiro atoms. The minimum Gasteiger partial charge on any atom is -0.356 e. The summed E-state index contributed by atoms with van der Waals surface area (Å²) in [6, 6.07) is 5.84. The van der Waals surface area contributed by atoms with Gasteiger partial charge in [0.15, 0.2) is 5.82 Å². The molecule has 0 radical (unpaired) electrons. The highest BCUT2D eigenvalue weighted by atomic mass is 35.5. The topological polar surface area (TPSA) is 86.2 Å². The molecule has 3 rings (SSSR count). The summed E-state index contributed by atoms with van der Waals surface area (Å²) < 4.78 is 61.8. The number of hydrogen-bond acceptors (Lipinski definition) is 5. The van der Waals surface area contributed by atoms with Crippen molar-refractivity contribution in [3.63, 3.8) is 0 Å². The summed E-state index contributed by atoms with van der Waals surface area (Å²) in [6.45, 7) is 0.101. The average molecular weight is 461 g/mol. The van der Waals surface area contributed by atoms with Crippen molar-refractivity contribution in [1.82, 2.24) is 4.98 Å². The molecule has 1 atom stereocenters. The second-order valence-corrected chi connectivity index (χ2v) is 9.71. The zero-order valence-corrected chi connectivity index (χ0v) is 17.6. The monoisotopic (exact) mass is 460 g/mol. The minimum atomic E-state index is -3.02. The highest BCUT2D eigenvalue weighted by Crippen LogP contribution is 2.32. The second-order valence-electron chi connectivity index (χ2n) is 7.14. The molecule has 0 bridgehead atoms. The zero-order chi connectivity index (χ0) is 22.1. The summed E-state index contributed by atoms with van der Waals surface area (Å²) in [5, 5.41) is 2.11. The average Bonchev–Trinajstić information content (AvgIpc) is 2.84. The molecule has 162 valence electrons. The van der Waals surface area contributed by atoms with Gasteiger partial charge in [0.2, 0.25) is 5.92 Å². The number of rotatable bonds is 4. The van der Waals surface area contributed by atoms with Crippen LogP contribution in [0.2, 0.25) is 5.02 Å². The first kappa shape index (κ1) is 22.4. The van der Waals surface area contributed by atoms with Crippen molar-refractivity contribution < 1.29 is 22.2 Å². The number of hydrogen-bond donors (Lipinski definition) is 2. The molecule has 1 fully saturated rings. The van der Waals surface area contributed by atoms with Crippen molar-refractivity contribution in [2.24, 2.45) is 0 Å². The molecule has 2 heterocycles. The van der Waals surface area contributed by atoms with E-state index >= 15 is 0 Å². The third-order valence-electron chi connectivity index (χ3n) is 4.74. The summed E-state index contributed by atoms with van der Waals surface area (Å²) in [5.74, 6) is -4.78. The quantitative estimate of drug-likeness (QED) is 0.687. The number of anilines is 2. The minimum absolute atomic E-state index is 0.0666. The predicted molar refractivity (Wildman–Crippen MR) is 110 cm³/mol. The molecule has 1 saturated heterocycles. The van der Waals surface area contributed by atoms with Crippen LogP contribution >= 0.6 is 11.6 Å². The van der Waals surface area contributed by atoms with Crippen molar-refractivity contribution in [1.29, 1.82) is 4.78 Å². The standard InChI is InChI=1S/C19H20ClF3N4O2S/c1-30(24,29)13-5-2-4-12(10-13)26-18(28)15-16(21)14(20)11-25-17(15)27-8-3-6-19(22,23)7-9-27/h2,4-5,10-11,24H,3,6-9H2,1H3,(H,26,28)/t30-/m1/s1. The van der Waals surface area contributed by atoms with E-state index in [4.69, 9.17) is 16.4 Å². The fraction of sp³-hybridized carbons (Fsp3) is 0.368. The Bertz CT molecular complexity index is 1080. The Morgan fingerprint density at radius 2 is 2.07 bits per heavy atom. The number of halogens is 4. The number of carbonyl (C=O) groups is 1. The van der Waals surface area contributed by atoms with Crippen molar-refractivity contribution in [2.45, 2.75) is 30.1 Å². The van der Waals surface area contributed by atoms with Gasteiger partial charge in [-0.1, -0.05) is 17.7 Å². The van der Waals surface area contributed by atoms with E-state index in [0.29, 0.717) is 0 Å². The molecule has 2 aromatic rings. The van der Waals surface area contributed by atoms with E-state index in [1.165, 1.54) is 35.4 Å². The molecular weight excluding hydrogens is 441 g/mol. The van der Waals surface area contributed by atoms with Crippen LogP contribution in [0.4, 0.5) is 24.7 Å². The third kappa shape index (κ3) is 5.04. The Kier molecular flexibility index (Phi) is 6.28. The molecule has 1 aliphatic rings. The van der Waals surface area contributed by atoms with E-state index < -0.39 is 39.4 Å². The highest BCUT2D eigenvalue weighted by molar-refractivity contribution is 7.91. The lowest BCUT2D eigenvalue weighted by molar-refractivity contribution is -0.0102. The van der Waals surface area contributed by atoms with Crippen LogP contribution in [0.15, 0.2) is 35.4 Å². The summed E-state index contributed by atoms with van der Waals surface area (Å²) in [7, 11) is -3.02. The van der Waals surface area contributed by atoms with Gasteiger partial charge in [-0.3, -0.25) is 4.79 Å². The van der Waals surface area contributed by atoms with Crippen LogP contribution in [-0.2, 0) is 9.73 Å². The van der Waals surface area contributed by atoms with Crippen LogP contribution in [-0.4, -0.2) is 40.4 Å². The van der Waals surface area contributed by atoms with Crippen molar-refractivity contribution >= 4 is 38.7 Å². The first-order valence-electron chi connectivity index (χ1n) is 9.10. The van der Waals surface area contributed by atoms with Crippen LogP contribution in [0, 0.1) is 10.6 Å². The lowest BCUT2D eigenvalue weighted by Gasteiger charge is -2.24. The number of aromatic nitrogens is 1. The largest absolute Gasteiger partial charge is 0.356 e. The molecular formula is C19H20ClF3N4O2S. The number of alkyl halides is 2. The van der Waals surface area contributed by atoms with Crippen LogP contribution < -0.4 is 10.2 Å². The number of benzene rings is 1. The lowest BCUT2D eigenvalue weighted by atomic mass is 10.1. The van der Waals surface area contributed by atoms with Crippen molar-refractivity contribution in [3.8, 4) is 0 Å². The smallest absolute Gasteiger partial charge is 0.262 e. The molecule has 1 aliphatic heterocycles. The molecule has 1 aromatic heterocycles. The van der Waals surface area contributed by atoms with Crippen LogP contribution in [0.1, 0.15) is 29.6 Å². The fourth-order valence-corrected chi connectivity index (χ4v) is 4.02. The van der Waals surface area contributed by atoms with Gasteiger partial charge in [-0.2, -0.15) is 0 Å². The summed E-state index contributed by atoms with van der Waals surface area (Å²) in [4.78, 5) is 18.6. The van der Waals surface area contributed by atoms with E-state index in [-0.39, 0.29) is 47.4 Å². The first-order chi connectivity index (χ1) is 14.0. The van der Waals surface area contributed by atoms with E-state index in [1.54, 1.807) is 0 Å². The van der Waals surface area contributed by atoms with Gasteiger partial charge in [-0.15, -0.1) is 0 Å². The molecule has 0 aliphatic carbocycles. The van der Waals surface area contributed by atoms with Gasteiger partial charge < -0.3 is 10.2 Å². The normalized spacial score (nSPS) is 18.4. The van der Waals surface area contributed by atoms with Gasteiger partial charge >= 0.3 is 0 Å². The van der Waals surface area contributed by atoms with E-state index in [2.05, 4.69) is 10.3 Å². The third-order valence-corrected chi connectivity index (χ3v) is 6.16. The Morgan fingerprint density at radius 1 is 1.33 bits per heavy atom. The summed E-state index contributed by atoms with van der Waals surface area (Å²) in [6.07, 6.45) is 1.71. The SMILES string of the molecule is C[S@@](=N)(=O)c1cccc(NC(=O)c2c(N3CCCC(F)(F)CC3)ncc(Cl)c2F)c1. The van der Waals surface area contributed by atoms with Gasteiger partial charge in [0.25, 0.3) is 5.91 Å². The van der Waals surface area contributed by atoms with E-state index in [9.17, 15) is 22.2 Å². The maximum atomic E-state index is 14.8. The Morgan fingerprint density at radius 3 is 2.77 bits per heavy atom. The van der Waals surface area contributed by atoms with E-state index in [0.717, 1.165) is 6.20 Å². The number of amides is 1. The first-order valence-corrected chi connectivity index (χ1v) is 11.4. The number of nitrogens with one attached hydrogen (secondary N) is 2. The van der Waals surface area contributed by atoms with Gasteiger partial charge in [0.05, 0.1) is 20.9 Å².